The smallest absolute Gasteiger partial charge is 0.340 e. The van der Waals surface area contributed by atoms with Gasteiger partial charge in [-0.15, -0.1) is 0 Å². The molecule has 3 aromatic carbocycles. The first-order valence-electron chi connectivity index (χ1n) is 11.8. The van der Waals surface area contributed by atoms with E-state index in [1.165, 1.54) is 19.6 Å². The van der Waals surface area contributed by atoms with Gasteiger partial charge < -0.3 is 15.1 Å². The molecule has 1 aromatic heterocycles. The number of carboxylic acids is 1. The summed E-state index contributed by atoms with van der Waals surface area (Å²) in [7, 11) is 0. The van der Waals surface area contributed by atoms with E-state index in [9.17, 15) is 15.0 Å². The van der Waals surface area contributed by atoms with Crippen LogP contribution in [0.4, 0.5) is 0 Å². The van der Waals surface area contributed by atoms with Crippen LogP contribution in [0.1, 0.15) is 42.4 Å². The number of aromatic carboxylic acids is 1. The van der Waals surface area contributed by atoms with Gasteiger partial charge in [-0.1, -0.05) is 80.9 Å². The number of carboxylic acid groups (broad SMARTS) is 1. The van der Waals surface area contributed by atoms with Crippen molar-refractivity contribution in [1.82, 2.24) is 9.88 Å². The SMILES string of the molecule is CCN(CC)CC.O=C(O)c1c(O)c(Cc2ccc(Cl)cc2)nc2ccc(-c3ccccc3)cc12. The van der Waals surface area contributed by atoms with Gasteiger partial charge in [0.05, 0.1) is 11.2 Å². The first-order valence-corrected chi connectivity index (χ1v) is 12.2. The Morgan fingerprint density at radius 2 is 1.51 bits per heavy atom. The van der Waals surface area contributed by atoms with Gasteiger partial charge in [0.2, 0.25) is 0 Å². The van der Waals surface area contributed by atoms with E-state index < -0.39 is 5.97 Å². The van der Waals surface area contributed by atoms with Crippen molar-refractivity contribution in [2.45, 2.75) is 27.2 Å². The van der Waals surface area contributed by atoms with Crippen LogP contribution in [0.5, 0.6) is 5.75 Å². The van der Waals surface area contributed by atoms with Crippen molar-refractivity contribution in [2.24, 2.45) is 0 Å². The average Bonchev–Trinajstić information content (AvgIpc) is 2.87. The molecule has 2 N–H and O–H groups in total. The standard InChI is InChI=1S/C23H16ClNO3.C6H15N/c24-17-9-6-14(7-10-17)12-20-22(26)21(23(27)28)18-13-16(8-11-19(18)25-20)15-4-2-1-3-5-15;1-4-7(5-2)6-3/h1-11,13,26H,12H2,(H,27,28);4-6H2,1-3H3. The molecule has 0 aliphatic heterocycles. The van der Waals surface area contributed by atoms with Crippen molar-refractivity contribution in [3.05, 3.63) is 94.6 Å². The molecule has 0 spiro atoms. The Labute approximate surface area is 211 Å². The lowest BCUT2D eigenvalue weighted by atomic mass is 9.98. The van der Waals surface area contributed by atoms with Gasteiger partial charge in [0, 0.05) is 16.8 Å². The molecule has 4 aromatic rings. The molecule has 0 atom stereocenters. The molecule has 0 saturated carbocycles. The summed E-state index contributed by atoms with van der Waals surface area (Å²) in [6, 6.07) is 22.3. The van der Waals surface area contributed by atoms with Crippen LogP contribution in [0, 0.1) is 0 Å². The van der Waals surface area contributed by atoms with Crippen molar-refractivity contribution < 1.29 is 15.0 Å². The predicted octanol–water partition coefficient (Wildman–Crippen LogP) is 6.90. The second-order valence-corrected chi connectivity index (χ2v) is 8.54. The number of aromatic hydroxyl groups is 1. The molecule has 0 saturated heterocycles. The highest BCUT2D eigenvalue weighted by atomic mass is 35.5. The van der Waals surface area contributed by atoms with Crippen LogP contribution < -0.4 is 0 Å². The summed E-state index contributed by atoms with van der Waals surface area (Å²) >= 11 is 5.91. The highest BCUT2D eigenvalue weighted by Gasteiger charge is 2.20. The van der Waals surface area contributed by atoms with E-state index in [-0.39, 0.29) is 11.3 Å². The molecule has 0 bridgehead atoms. The van der Waals surface area contributed by atoms with E-state index in [0.717, 1.165) is 16.7 Å². The Morgan fingerprint density at radius 3 is 2.06 bits per heavy atom. The van der Waals surface area contributed by atoms with Crippen LogP contribution >= 0.6 is 11.6 Å². The molecule has 0 radical (unpaired) electrons. The van der Waals surface area contributed by atoms with Crippen LogP contribution in [0.25, 0.3) is 22.0 Å². The van der Waals surface area contributed by atoms with Gasteiger partial charge in [-0.2, -0.15) is 0 Å². The van der Waals surface area contributed by atoms with Crippen molar-refractivity contribution in [2.75, 3.05) is 19.6 Å². The molecule has 0 fully saturated rings. The quantitative estimate of drug-likeness (QED) is 0.295. The molecule has 6 heteroatoms. The first-order chi connectivity index (χ1) is 16.9. The largest absolute Gasteiger partial charge is 0.505 e. The molecule has 0 aliphatic carbocycles. The van der Waals surface area contributed by atoms with Crippen molar-refractivity contribution in [3.63, 3.8) is 0 Å². The number of nitrogens with zero attached hydrogens (tertiary/aromatic N) is 2. The van der Waals surface area contributed by atoms with Crippen LogP contribution in [0.2, 0.25) is 5.02 Å². The van der Waals surface area contributed by atoms with Gasteiger partial charge in [0.1, 0.15) is 5.56 Å². The third-order valence-corrected chi connectivity index (χ3v) is 6.23. The Morgan fingerprint density at radius 1 is 0.886 bits per heavy atom. The van der Waals surface area contributed by atoms with E-state index in [4.69, 9.17) is 11.6 Å². The summed E-state index contributed by atoms with van der Waals surface area (Å²) < 4.78 is 0. The number of fused-ring (bicyclic) bond motifs is 1. The van der Waals surface area contributed by atoms with Gasteiger partial charge in [-0.05, 0) is 60.6 Å². The van der Waals surface area contributed by atoms with E-state index in [2.05, 4.69) is 30.7 Å². The number of aromatic nitrogens is 1. The zero-order valence-corrected chi connectivity index (χ0v) is 21.1. The van der Waals surface area contributed by atoms with Gasteiger partial charge in [0.15, 0.2) is 5.75 Å². The lowest BCUT2D eigenvalue weighted by Gasteiger charge is -2.13. The summed E-state index contributed by atoms with van der Waals surface area (Å²) in [5.74, 6) is -1.49. The summed E-state index contributed by atoms with van der Waals surface area (Å²) in [6.07, 6.45) is 0.305. The first kappa shape index (κ1) is 26.2. The lowest BCUT2D eigenvalue weighted by Crippen LogP contribution is -2.21. The fourth-order valence-electron chi connectivity index (χ4n) is 3.92. The summed E-state index contributed by atoms with van der Waals surface area (Å²) in [5, 5.41) is 21.4. The van der Waals surface area contributed by atoms with Gasteiger partial charge in [-0.3, -0.25) is 0 Å². The zero-order valence-electron chi connectivity index (χ0n) is 20.3. The molecule has 182 valence electrons. The number of hydrogen-bond donors (Lipinski definition) is 2. The zero-order chi connectivity index (χ0) is 25.4. The molecule has 0 unspecified atom stereocenters. The number of benzene rings is 3. The maximum Gasteiger partial charge on any atom is 0.340 e. The van der Waals surface area contributed by atoms with E-state index >= 15 is 0 Å². The van der Waals surface area contributed by atoms with Gasteiger partial charge in [0.25, 0.3) is 0 Å². The number of pyridine rings is 1. The van der Waals surface area contributed by atoms with Gasteiger partial charge >= 0.3 is 5.97 Å². The monoisotopic (exact) mass is 490 g/mol. The lowest BCUT2D eigenvalue weighted by molar-refractivity contribution is 0.0695. The molecule has 1 heterocycles. The second kappa shape index (κ2) is 12.3. The van der Waals surface area contributed by atoms with Crippen LogP contribution in [0.3, 0.4) is 0 Å². The highest BCUT2D eigenvalue weighted by Crippen LogP contribution is 2.33. The Bertz CT molecular complexity index is 1270. The summed E-state index contributed by atoms with van der Waals surface area (Å²) in [4.78, 5) is 18.8. The summed E-state index contributed by atoms with van der Waals surface area (Å²) in [6.45, 7) is 10.1. The Balaban J connectivity index is 0.000000429. The van der Waals surface area contributed by atoms with E-state index in [1.807, 2.05) is 48.5 Å². The Kier molecular flexibility index (Phi) is 9.24. The van der Waals surface area contributed by atoms with Crippen LogP contribution in [-0.4, -0.2) is 45.7 Å². The highest BCUT2D eigenvalue weighted by molar-refractivity contribution is 6.30. The number of carbonyl (C=O) groups is 1. The topological polar surface area (TPSA) is 73.7 Å². The van der Waals surface area contributed by atoms with Gasteiger partial charge in [-0.25, -0.2) is 9.78 Å². The number of rotatable bonds is 7. The second-order valence-electron chi connectivity index (χ2n) is 8.11. The molecule has 5 nitrogen and oxygen atoms in total. The maximum absolute atomic E-state index is 11.9. The normalized spacial score (nSPS) is 10.8. The molecule has 4 rings (SSSR count). The van der Waals surface area contributed by atoms with Crippen LogP contribution in [-0.2, 0) is 6.42 Å². The van der Waals surface area contributed by atoms with Crippen molar-refractivity contribution in [3.8, 4) is 16.9 Å². The third kappa shape index (κ3) is 6.59. The van der Waals surface area contributed by atoms with E-state index in [1.54, 1.807) is 24.3 Å². The minimum Gasteiger partial charge on any atom is -0.505 e. The minimum atomic E-state index is -1.19. The molecule has 35 heavy (non-hydrogen) atoms. The Hall–Kier alpha value is -3.41. The molecule has 0 amide bonds. The van der Waals surface area contributed by atoms with Crippen LogP contribution in [0.15, 0.2) is 72.8 Å². The summed E-state index contributed by atoms with van der Waals surface area (Å²) in [5.41, 5.74) is 3.42. The number of halogens is 1. The molecular weight excluding hydrogens is 460 g/mol. The van der Waals surface area contributed by atoms with Crippen molar-refractivity contribution >= 4 is 28.5 Å². The molecular formula is C29H31ClN2O3. The number of hydrogen-bond acceptors (Lipinski definition) is 4. The van der Waals surface area contributed by atoms with E-state index in [0.29, 0.717) is 28.0 Å². The average molecular weight is 491 g/mol. The molecule has 0 aliphatic rings. The fourth-order valence-corrected chi connectivity index (χ4v) is 4.05. The third-order valence-electron chi connectivity index (χ3n) is 5.98. The maximum atomic E-state index is 11.9. The fraction of sp³-hybridized carbons (Fsp3) is 0.241. The minimum absolute atomic E-state index is 0.133. The predicted molar refractivity (Wildman–Crippen MR) is 144 cm³/mol. The van der Waals surface area contributed by atoms with Crippen molar-refractivity contribution in [1.29, 1.82) is 0 Å².